The SMILES string of the molecule is CCOc1ccc(C)cc1C(C)NC(=O)/C(C#N)=C\Nc1cccc(C)n1. The van der Waals surface area contributed by atoms with Crippen LogP contribution in [0.15, 0.2) is 48.2 Å². The number of hydrogen-bond donors (Lipinski definition) is 2. The molecular formula is C21H24N4O2. The molecule has 0 radical (unpaired) electrons. The summed E-state index contributed by atoms with van der Waals surface area (Å²) in [7, 11) is 0. The van der Waals surface area contributed by atoms with Crippen molar-refractivity contribution >= 4 is 11.7 Å². The Labute approximate surface area is 159 Å². The summed E-state index contributed by atoms with van der Waals surface area (Å²) in [5, 5.41) is 15.1. The summed E-state index contributed by atoms with van der Waals surface area (Å²) >= 11 is 0. The lowest BCUT2D eigenvalue weighted by molar-refractivity contribution is -0.117. The van der Waals surface area contributed by atoms with Crippen LogP contribution in [0.25, 0.3) is 0 Å². The fraction of sp³-hybridized carbons (Fsp3) is 0.286. The van der Waals surface area contributed by atoms with Gasteiger partial charge >= 0.3 is 0 Å². The van der Waals surface area contributed by atoms with Crippen molar-refractivity contribution in [3.63, 3.8) is 0 Å². The number of aromatic nitrogens is 1. The molecule has 1 heterocycles. The van der Waals surface area contributed by atoms with E-state index >= 15 is 0 Å². The van der Waals surface area contributed by atoms with Crippen LogP contribution >= 0.6 is 0 Å². The van der Waals surface area contributed by atoms with Crippen LogP contribution in [0.1, 0.15) is 36.7 Å². The van der Waals surface area contributed by atoms with Gasteiger partial charge in [-0.15, -0.1) is 0 Å². The summed E-state index contributed by atoms with van der Waals surface area (Å²) < 4.78 is 5.65. The van der Waals surface area contributed by atoms with E-state index in [9.17, 15) is 10.1 Å². The number of rotatable bonds is 7. The van der Waals surface area contributed by atoms with E-state index in [0.29, 0.717) is 12.4 Å². The fourth-order valence-corrected chi connectivity index (χ4v) is 2.56. The molecule has 140 valence electrons. The molecule has 0 aliphatic carbocycles. The Morgan fingerprint density at radius 1 is 1.33 bits per heavy atom. The van der Waals surface area contributed by atoms with Crippen molar-refractivity contribution in [2.45, 2.75) is 33.7 Å². The van der Waals surface area contributed by atoms with Crippen LogP contribution in [-0.4, -0.2) is 17.5 Å². The van der Waals surface area contributed by atoms with Crippen molar-refractivity contribution in [2.75, 3.05) is 11.9 Å². The molecule has 6 nitrogen and oxygen atoms in total. The molecule has 6 heteroatoms. The molecule has 1 aromatic heterocycles. The minimum atomic E-state index is -0.464. The number of carbonyl (C=O) groups is 1. The van der Waals surface area contributed by atoms with Crippen LogP contribution < -0.4 is 15.4 Å². The summed E-state index contributed by atoms with van der Waals surface area (Å²) in [6, 6.07) is 12.9. The molecule has 0 saturated carbocycles. The predicted molar refractivity (Wildman–Crippen MR) is 105 cm³/mol. The van der Waals surface area contributed by atoms with Crippen LogP contribution in [-0.2, 0) is 4.79 Å². The van der Waals surface area contributed by atoms with Gasteiger partial charge in [-0.05, 0) is 45.9 Å². The first-order valence-electron chi connectivity index (χ1n) is 8.79. The standard InChI is InChI=1S/C21H24N4O2/c1-5-27-19-10-9-14(2)11-18(19)16(4)25-21(26)17(12-22)13-23-20-8-6-7-15(3)24-20/h6-11,13,16H,5H2,1-4H3,(H,23,24)(H,25,26)/b17-13-. The van der Waals surface area contributed by atoms with E-state index < -0.39 is 5.91 Å². The normalized spacial score (nSPS) is 12.0. The number of aryl methyl sites for hydroxylation is 2. The third-order valence-electron chi connectivity index (χ3n) is 3.90. The fourth-order valence-electron chi connectivity index (χ4n) is 2.56. The predicted octanol–water partition coefficient (Wildman–Crippen LogP) is 3.79. The molecule has 27 heavy (non-hydrogen) atoms. The maximum atomic E-state index is 12.5. The van der Waals surface area contributed by atoms with Gasteiger partial charge in [-0.25, -0.2) is 4.98 Å². The van der Waals surface area contributed by atoms with Crippen molar-refractivity contribution in [1.82, 2.24) is 10.3 Å². The van der Waals surface area contributed by atoms with Crippen LogP contribution in [0.5, 0.6) is 5.75 Å². The number of benzene rings is 1. The molecule has 1 amide bonds. The highest BCUT2D eigenvalue weighted by atomic mass is 16.5. The Hall–Kier alpha value is -3.33. The van der Waals surface area contributed by atoms with Crippen LogP contribution in [0.2, 0.25) is 0 Å². The maximum Gasteiger partial charge on any atom is 0.263 e. The number of pyridine rings is 1. The van der Waals surface area contributed by atoms with Gasteiger partial charge < -0.3 is 15.4 Å². The Morgan fingerprint density at radius 3 is 2.78 bits per heavy atom. The molecule has 2 rings (SSSR count). The minimum absolute atomic E-state index is 0.0317. The second-order valence-electron chi connectivity index (χ2n) is 6.15. The van der Waals surface area contributed by atoms with Gasteiger partial charge in [0.25, 0.3) is 5.91 Å². The van der Waals surface area contributed by atoms with E-state index in [0.717, 1.165) is 22.6 Å². The van der Waals surface area contributed by atoms with Gasteiger partial charge in [-0.3, -0.25) is 4.79 Å². The molecule has 0 spiro atoms. The molecule has 0 saturated heterocycles. The van der Waals surface area contributed by atoms with Gasteiger partial charge in [0, 0.05) is 17.5 Å². The number of nitriles is 1. The number of amides is 1. The van der Waals surface area contributed by atoms with Crippen molar-refractivity contribution < 1.29 is 9.53 Å². The smallest absolute Gasteiger partial charge is 0.263 e. The van der Waals surface area contributed by atoms with Crippen molar-refractivity contribution in [1.29, 1.82) is 5.26 Å². The Bertz CT molecular complexity index is 884. The molecule has 0 bridgehead atoms. The Morgan fingerprint density at radius 2 is 2.11 bits per heavy atom. The lowest BCUT2D eigenvalue weighted by Gasteiger charge is -2.18. The lowest BCUT2D eigenvalue weighted by atomic mass is 10.0. The number of nitrogens with zero attached hydrogens (tertiary/aromatic N) is 2. The van der Waals surface area contributed by atoms with Crippen molar-refractivity contribution in [3.05, 3.63) is 65.0 Å². The lowest BCUT2D eigenvalue weighted by Crippen LogP contribution is -2.28. The molecule has 0 aliphatic heterocycles. The molecule has 1 atom stereocenters. The van der Waals surface area contributed by atoms with E-state index in [1.165, 1.54) is 6.20 Å². The second-order valence-corrected chi connectivity index (χ2v) is 6.15. The van der Waals surface area contributed by atoms with Gasteiger partial charge in [-0.2, -0.15) is 5.26 Å². The minimum Gasteiger partial charge on any atom is -0.494 e. The summed E-state index contributed by atoms with van der Waals surface area (Å²) in [5.41, 5.74) is 2.75. The quantitative estimate of drug-likeness (QED) is 0.576. The summed E-state index contributed by atoms with van der Waals surface area (Å²) in [5.74, 6) is 0.829. The monoisotopic (exact) mass is 364 g/mol. The maximum absolute atomic E-state index is 12.5. The number of ether oxygens (including phenoxy) is 1. The first-order valence-corrected chi connectivity index (χ1v) is 8.79. The largest absolute Gasteiger partial charge is 0.494 e. The highest BCUT2D eigenvalue weighted by Gasteiger charge is 2.17. The molecule has 1 aromatic carbocycles. The van der Waals surface area contributed by atoms with Crippen LogP contribution in [0.3, 0.4) is 0 Å². The Balaban J connectivity index is 2.13. The van der Waals surface area contributed by atoms with Crippen LogP contribution in [0, 0.1) is 25.2 Å². The van der Waals surface area contributed by atoms with E-state index in [1.54, 1.807) is 6.07 Å². The van der Waals surface area contributed by atoms with E-state index in [2.05, 4.69) is 15.6 Å². The number of carbonyl (C=O) groups excluding carboxylic acids is 1. The zero-order valence-corrected chi connectivity index (χ0v) is 16.0. The van der Waals surface area contributed by atoms with Gasteiger partial charge in [0.15, 0.2) is 0 Å². The van der Waals surface area contributed by atoms with Crippen molar-refractivity contribution in [2.24, 2.45) is 0 Å². The summed E-state index contributed by atoms with van der Waals surface area (Å²) in [4.78, 5) is 16.8. The molecule has 0 fully saturated rings. The topological polar surface area (TPSA) is 87.0 Å². The molecular weight excluding hydrogens is 340 g/mol. The second kappa shape index (κ2) is 9.39. The average molecular weight is 364 g/mol. The first kappa shape index (κ1) is 20.0. The van der Waals surface area contributed by atoms with E-state index in [4.69, 9.17) is 4.74 Å². The molecule has 2 aromatic rings. The zero-order chi connectivity index (χ0) is 19.8. The summed E-state index contributed by atoms with van der Waals surface area (Å²) in [6.07, 6.45) is 1.36. The highest BCUT2D eigenvalue weighted by molar-refractivity contribution is 5.97. The number of nitrogens with one attached hydrogen (secondary N) is 2. The number of hydrogen-bond acceptors (Lipinski definition) is 5. The van der Waals surface area contributed by atoms with Crippen LogP contribution in [0.4, 0.5) is 5.82 Å². The van der Waals surface area contributed by atoms with Crippen molar-refractivity contribution in [3.8, 4) is 11.8 Å². The van der Waals surface area contributed by atoms with Gasteiger partial charge in [-0.1, -0.05) is 23.8 Å². The third-order valence-corrected chi connectivity index (χ3v) is 3.90. The third kappa shape index (κ3) is 5.58. The Kier molecular flexibility index (Phi) is 6.95. The van der Waals surface area contributed by atoms with Gasteiger partial charge in [0.2, 0.25) is 0 Å². The van der Waals surface area contributed by atoms with Gasteiger partial charge in [0.1, 0.15) is 23.2 Å². The zero-order valence-electron chi connectivity index (χ0n) is 16.0. The number of anilines is 1. The first-order chi connectivity index (χ1) is 12.9. The molecule has 1 unspecified atom stereocenters. The van der Waals surface area contributed by atoms with E-state index in [-0.39, 0.29) is 11.6 Å². The molecule has 0 aliphatic rings. The van der Waals surface area contributed by atoms with Gasteiger partial charge in [0.05, 0.1) is 12.6 Å². The highest BCUT2D eigenvalue weighted by Crippen LogP contribution is 2.26. The summed E-state index contributed by atoms with van der Waals surface area (Å²) in [6.45, 7) is 8.15. The van der Waals surface area contributed by atoms with E-state index in [1.807, 2.05) is 64.1 Å². The average Bonchev–Trinajstić information content (AvgIpc) is 2.64. The molecule has 2 N–H and O–H groups in total.